The lowest BCUT2D eigenvalue weighted by molar-refractivity contribution is -0.121. The van der Waals surface area contributed by atoms with Gasteiger partial charge in [0, 0.05) is 24.9 Å². The van der Waals surface area contributed by atoms with Crippen LogP contribution in [0.3, 0.4) is 0 Å². The Morgan fingerprint density at radius 1 is 1.17 bits per heavy atom. The molecule has 1 aromatic rings. The highest BCUT2D eigenvalue weighted by Gasteiger charge is 2.13. The normalized spacial score (nSPS) is 14.0. The molecular formula is C18H26N2O2S. The number of nitrogens with one attached hydrogen (secondary N) is 2. The van der Waals surface area contributed by atoms with Crippen molar-refractivity contribution in [3.05, 3.63) is 34.9 Å². The Balaban J connectivity index is 1.81. The molecular weight excluding hydrogens is 308 g/mol. The number of rotatable bonds is 8. The van der Waals surface area contributed by atoms with E-state index in [1.165, 1.54) is 11.1 Å². The van der Waals surface area contributed by atoms with E-state index in [4.69, 9.17) is 0 Å². The van der Waals surface area contributed by atoms with Gasteiger partial charge in [-0.1, -0.05) is 12.1 Å². The first-order valence-corrected chi connectivity index (χ1v) is 9.71. The summed E-state index contributed by atoms with van der Waals surface area (Å²) in [5.74, 6) is 1.08. The van der Waals surface area contributed by atoms with Crippen LogP contribution in [0.15, 0.2) is 18.2 Å². The summed E-state index contributed by atoms with van der Waals surface area (Å²) in [7, 11) is 0. The van der Waals surface area contributed by atoms with Crippen molar-refractivity contribution >= 4 is 23.5 Å². The average Bonchev–Trinajstić information content (AvgIpc) is 2.81. The van der Waals surface area contributed by atoms with Gasteiger partial charge in [0.1, 0.15) is 0 Å². The Kier molecular flexibility index (Phi) is 7.62. The second-order valence-electron chi connectivity index (χ2n) is 5.85. The molecule has 126 valence electrons. The molecule has 4 nitrogen and oxygen atoms in total. The fraction of sp³-hybridized carbons (Fsp3) is 0.556. The van der Waals surface area contributed by atoms with E-state index in [2.05, 4.69) is 23.0 Å². The third-order valence-electron chi connectivity index (χ3n) is 4.10. The Morgan fingerprint density at radius 2 is 1.96 bits per heavy atom. The summed E-state index contributed by atoms with van der Waals surface area (Å²) in [6.45, 7) is 2.65. The zero-order chi connectivity index (χ0) is 16.5. The zero-order valence-corrected chi connectivity index (χ0v) is 14.6. The highest BCUT2D eigenvalue weighted by Crippen LogP contribution is 2.17. The van der Waals surface area contributed by atoms with E-state index < -0.39 is 0 Å². The minimum absolute atomic E-state index is 0.0292. The molecule has 0 spiro atoms. The van der Waals surface area contributed by atoms with Crippen LogP contribution in [0.25, 0.3) is 0 Å². The molecule has 0 fully saturated rings. The second-order valence-corrected chi connectivity index (χ2v) is 6.84. The molecule has 0 saturated carbocycles. The van der Waals surface area contributed by atoms with Crippen molar-refractivity contribution in [2.75, 3.05) is 31.6 Å². The Hall–Kier alpha value is -1.33. The van der Waals surface area contributed by atoms with Crippen molar-refractivity contribution in [2.24, 2.45) is 0 Å². The molecule has 0 radical (unpaired) electrons. The van der Waals surface area contributed by atoms with Crippen molar-refractivity contribution in [1.29, 1.82) is 0 Å². The summed E-state index contributed by atoms with van der Waals surface area (Å²) in [6.07, 6.45) is 5.56. The fourth-order valence-corrected chi connectivity index (χ4v) is 3.18. The lowest BCUT2D eigenvalue weighted by Gasteiger charge is -2.08. The van der Waals surface area contributed by atoms with E-state index in [1.807, 2.05) is 12.1 Å². The van der Waals surface area contributed by atoms with Crippen LogP contribution >= 0.6 is 11.8 Å². The molecule has 0 aliphatic carbocycles. The van der Waals surface area contributed by atoms with E-state index in [0.717, 1.165) is 43.7 Å². The van der Waals surface area contributed by atoms with Gasteiger partial charge < -0.3 is 10.6 Å². The summed E-state index contributed by atoms with van der Waals surface area (Å²) in [6, 6.07) is 5.99. The highest BCUT2D eigenvalue weighted by molar-refractivity contribution is 7.98. The van der Waals surface area contributed by atoms with Crippen LogP contribution in [0.2, 0.25) is 0 Å². The Bertz CT molecular complexity index is 546. The standard InChI is InChI=1S/C18H26N2O2S/c1-23-12-2-9-20-18(22)6-5-17(21)16-4-3-14-7-10-19-11-8-15(14)13-16/h3-4,13,19H,2,5-12H2,1H3,(H,20,22). The highest BCUT2D eigenvalue weighted by atomic mass is 32.2. The smallest absolute Gasteiger partial charge is 0.220 e. The van der Waals surface area contributed by atoms with Crippen LogP contribution in [-0.4, -0.2) is 43.3 Å². The number of ketones is 1. The largest absolute Gasteiger partial charge is 0.356 e. The van der Waals surface area contributed by atoms with E-state index >= 15 is 0 Å². The molecule has 2 rings (SSSR count). The van der Waals surface area contributed by atoms with E-state index in [9.17, 15) is 9.59 Å². The van der Waals surface area contributed by atoms with Crippen molar-refractivity contribution < 1.29 is 9.59 Å². The van der Waals surface area contributed by atoms with E-state index in [-0.39, 0.29) is 24.5 Å². The monoisotopic (exact) mass is 334 g/mol. The minimum Gasteiger partial charge on any atom is -0.356 e. The number of thioether (sulfide) groups is 1. The van der Waals surface area contributed by atoms with E-state index in [1.54, 1.807) is 11.8 Å². The third kappa shape index (κ3) is 5.99. The summed E-state index contributed by atoms with van der Waals surface area (Å²) in [5, 5.41) is 6.24. The minimum atomic E-state index is -0.0292. The van der Waals surface area contributed by atoms with Gasteiger partial charge in [-0.3, -0.25) is 9.59 Å². The van der Waals surface area contributed by atoms with Gasteiger partial charge in [-0.2, -0.15) is 11.8 Å². The molecule has 1 aromatic carbocycles. The van der Waals surface area contributed by atoms with Crippen molar-refractivity contribution in [3.63, 3.8) is 0 Å². The van der Waals surface area contributed by atoms with Gasteiger partial charge in [0.15, 0.2) is 5.78 Å². The third-order valence-corrected chi connectivity index (χ3v) is 4.79. The van der Waals surface area contributed by atoms with Gasteiger partial charge in [-0.05, 0) is 61.6 Å². The van der Waals surface area contributed by atoms with Gasteiger partial charge in [0.05, 0.1) is 0 Å². The van der Waals surface area contributed by atoms with Gasteiger partial charge in [-0.15, -0.1) is 0 Å². The molecule has 0 unspecified atom stereocenters. The number of hydrogen-bond donors (Lipinski definition) is 2. The molecule has 0 saturated heterocycles. The topological polar surface area (TPSA) is 58.2 Å². The number of fused-ring (bicyclic) bond motifs is 1. The lowest BCUT2D eigenvalue weighted by Crippen LogP contribution is -2.25. The van der Waals surface area contributed by atoms with Crippen LogP contribution in [0.4, 0.5) is 0 Å². The molecule has 0 atom stereocenters. The van der Waals surface area contributed by atoms with Crippen molar-refractivity contribution in [2.45, 2.75) is 32.1 Å². The first-order valence-electron chi connectivity index (χ1n) is 8.32. The van der Waals surface area contributed by atoms with Crippen LogP contribution in [0.1, 0.15) is 40.7 Å². The molecule has 23 heavy (non-hydrogen) atoms. The number of Topliss-reactive ketones (excluding diaryl/α,β-unsaturated/α-hetero) is 1. The number of benzene rings is 1. The Labute approximate surface area is 142 Å². The van der Waals surface area contributed by atoms with Crippen LogP contribution in [0, 0.1) is 0 Å². The van der Waals surface area contributed by atoms with Gasteiger partial charge in [-0.25, -0.2) is 0 Å². The SMILES string of the molecule is CSCCCNC(=O)CCC(=O)c1ccc2c(c1)CCNCC2. The van der Waals surface area contributed by atoms with Gasteiger partial charge >= 0.3 is 0 Å². The number of carbonyl (C=O) groups is 2. The number of hydrogen-bond acceptors (Lipinski definition) is 4. The predicted molar refractivity (Wildman–Crippen MR) is 96.3 cm³/mol. The molecule has 1 aliphatic heterocycles. The van der Waals surface area contributed by atoms with Crippen LogP contribution in [-0.2, 0) is 17.6 Å². The summed E-state index contributed by atoms with van der Waals surface area (Å²) in [5.41, 5.74) is 3.33. The quantitative estimate of drug-likeness (QED) is 0.565. The summed E-state index contributed by atoms with van der Waals surface area (Å²) in [4.78, 5) is 24.0. The number of carbonyl (C=O) groups excluding carboxylic acids is 2. The molecule has 5 heteroatoms. The molecule has 1 aliphatic rings. The maximum atomic E-state index is 12.3. The van der Waals surface area contributed by atoms with Crippen molar-refractivity contribution in [3.8, 4) is 0 Å². The predicted octanol–water partition coefficient (Wildman–Crippen LogP) is 2.21. The zero-order valence-electron chi connectivity index (χ0n) is 13.8. The molecule has 2 N–H and O–H groups in total. The van der Waals surface area contributed by atoms with Crippen molar-refractivity contribution in [1.82, 2.24) is 10.6 Å². The Morgan fingerprint density at radius 3 is 2.74 bits per heavy atom. The van der Waals surface area contributed by atoms with Crippen LogP contribution in [0.5, 0.6) is 0 Å². The summed E-state index contributed by atoms with van der Waals surface area (Å²) >= 11 is 1.77. The first kappa shape index (κ1) is 18.0. The summed E-state index contributed by atoms with van der Waals surface area (Å²) < 4.78 is 0. The lowest BCUT2D eigenvalue weighted by atomic mass is 9.97. The first-order chi connectivity index (χ1) is 11.2. The molecule has 0 aromatic heterocycles. The molecule has 1 heterocycles. The second kappa shape index (κ2) is 9.73. The average molecular weight is 334 g/mol. The van der Waals surface area contributed by atoms with Crippen LogP contribution < -0.4 is 10.6 Å². The maximum absolute atomic E-state index is 12.3. The molecule has 0 bridgehead atoms. The number of amides is 1. The van der Waals surface area contributed by atoms with Gasteiger partial charge in [0.25, 0.3) is 0 Å². The molecule has 1 amide bonds. The van der Waals surface area contributed by atoms with Gasteiger partial charge in [0.2, 0.25) is 5.91 Å². The fourth-order valence-electron chi connectivity index (χ4n) is 2.75. The van der Waals surface area contributed by atoms with E-state index in [0.29, 0.717) is 6.54 Å². The maximum Gasteiger partial charge on any atom is 0.220 e.